The van der Waals surface area contributed by atoms with Gasteiger partial charge in [-0.3, -0.25) is 4.79 Å². The lowest BCUT2D eigenvalue weighted by Gasteiger charge is -2.08. The van der Waals surface area contributed by atoms with Crippen molar-refractivity contribution in [1.29, 1.82) is 0 Å². The number of anilines is 1. The van der Waals surface area contributed by atoms with Crippen LogP contribution in [-0.4, -0.2) is 19.2 Å². The van der Waals surface area contributed by atoms with E-state index in [2.05, 4.69) is 5.32 Å². The molecule has 0 radical (unpaired) electrons. The van der Waals surface area contributed by atoms with Crippen LogP contribution in [0, 0.1) is 0 Å². The van der Waals surface area contributed by atoms with Gasteiger partial charge >= 0.3 is 0 Å². The predicted molar refractivity (Wildman–Crippen MR) is 78.3 cm³/mol. The molecule has 1 aliphatic heterocycles. The number of ether oxygens (including phenoxy) is 2. The van der Waals surface area contributed by atoms with Crippen LogP contribution in [0.4, 0.5) is 5.69 Å². The molecule has 0 atom stereocenters. The van der Waals surface area contributed by atoms with Crippen molar-refractivity contribution in [2.24, 2.45) is 5.73 Å². The molecule has 1 aliphatic rings. The summed E-state index contributed by atoms with van der Waals surface area (Å²) in [6.07, 6.45) is 4.42. The van der Waals surface area contributed by atoms with Crippen molar-refractivity contribution < 1.29 is 14.3 Å². The fourth-order valence-corrected chi connectivity index (χ4v) is 2.21. The number of hydrogen-bond acceptors (Lipinski definition) is 4. The van der Waals surface area contributed by atoms with Gasteiger partial charge in [0.05, 0.1) is 10.7 Å². The van der Waals surface area contributed by atoms with Crippen molar-refractivity contribution in [3.05, 3.63) is 17.2 Å². The lowest BCUT2D eigenvalue weighted by Crippen LogP contribution is -2.11. The van der Waals surface area contributed by atoms with Crippen molar-refractivity contribution in [2.45, 2.75) is 32.1 Å². The van der Waals surface area contributed by atoms with Crippen molar-refractivity contribution >= 4 is 23.2 Å². The van der Waals surface area contributed by atoms with Crippen molar-refractivity contribution in [3.63, 3.8) is 0 Å². The summed E-state index contributed by atoms with van der Waals surface area (Å²) in [7, 11) is 0. The topological polar surface area (TPSA) is 73.6 Å². The summed E-state index contributed by atoms with van der Waals surface area (Å²) in [6.45, 7) is 0.892. The number of amides is 1. The third kappa shape index (κ3) is 4.02. The number of fused-ring (bicyclic) bond motifs is 1. The smallest absolute Gasteiger partial charge is 0.231 e. The zero-order valence-electron chi connectivity index (χ0n) is 11.3. The molecule has 0 aromatic heterocycles. The van der Waals surface area contributed by atoms with Gasteiger partial charge in [0.25, 0.3) is 0 Å². The van der Waals surface area contributed by atoms with Gasteiger partial charge in [-0.2, -0.15) is 0 Å². The Bertz CT molecular complexity index is 480. The second-order valence-corrected chi connectivity index (χ2v) is 5.09. The van der Waals surface area contributed by atoms with Crippen LogP contribution in [0.5, 0.6) is 11.5 Å². The summed E-state index contributed by atoms with van der Waals surface area (Å²) in [6, 6.07) is 3.34. The second kappa shape index (κ2) is 7.36. The third-order valence-corrected chi connectivity index (χ3v) is 3.41. The molecule has 0 fully saturated rings. The number of carbonyl (C=O) groups is 1. The number of hydrogen-bond donors (Lipinski definition) is 2. The highest BCUT2D eigenvalue weighted by molar-refractivity contribution is 6.34. The zero-order chi connectivity index (χ0) is 14.4. The Balaban J connectivity index is 1.82. The molecule has 0 unspecified atom stereocenters. The summed E-state index contributed by atoms with van der Waals surface area (Å²) in [5, 5.41) is 3.25. The van der Waals surface area contributed by atoms with E-state index in [0.717, 1.165) is 25.7 Å². The van der Waals surface area contributed by atoms with E-state index in [-0.39, 0.29) is 12.7 Å². The number of nitrogens with two attached hydrogens (primary N) is 1. The largest absolute Gasteiger partial charge is 0.454 e. The first-order chi connectivity index (χ1) is 9.70. The quantitative estimate of drug-likeness (QED) is 0.759. The molecule has 0 spiro atoms. The van der Waals surface area contributed by atoms with Crippen LogP contribution in [0.15, 0.2) is 12.1 Å². The number of halogens is 1. The Hall–Kier alpha value is -1.46. The van der Waals surface area contributed by atoms with Crippen molar-refractivity contribution in [1.82, 2.24) is 0 Å². The first kappa shape index (κ1) is 14.9. The van der Waals surface area contributed by atoms with Crippen LogP contribution in [0.25, 0.3) is 0 Å². The van der Waals surface area contributed by atoms with Crippen LogP contribution in [0.2, 0.25) is 5.02 Å². The van der Waals surface area contributed by atoms with Crippen LogP contribution in [0.1, 0.15) is 32.1 Å². The molecule has 0 bridgehead atoms. The van der Waals surface area contributed by atoms with E-state index in [0.29, 0.717) is 35.2 Å². The average Bonchev–Trinajstić information content (AvgIpc) is 2.86. The van der Waals surface area contributed by atoms with E-state index in [9.17, 15) is 4.79 Å². The molecule has 0 saturated carbocycles. The van der Waals surface area contributed by atoms with Gasteiger partial charge in [0.15, 0.2) is 11.5 Å². The van der Waals surface area contributed by atoms with Crippen LogP contribution in [0.3, 0.4) is 0 Å². The Labute approximate surface area is 123 Å². The molecular weight excluding hydrogens is 280 g/mol. The molecule has 3 N–H and O–H groups in total. The highest BCUT2D eigenvalue weighted by atomic mass is 35.5. The van der Waals surface area contributed by atoms with Gasteiger partial charge < -0.3 is 20.5 Å². The molecule has 110 valence electrons. The predicted octanol–water partition coefficient (Wildman–Crippen LogP) is 2.92. The van der Waals surface area contributed by atoms with E-state index in [1.807, 2.05) is 0 Å². The molecule has 1 amide bonds. The lowest BCUT2D eigenvalue weighted by atomic mass is 10.1. The van der Waals surface area contributed by atoms with E-state index in [4.69, 9.17) is 26.8 Å². The first-order valence-corrected chi connectivity index (χ1v) is 7.17. The molecule has 2 rings (SSSR count). The second-order valence-electron chi connectivity index (χ2n) is 4.69. The normalized spacial score (nSPS) is 12.5. The van der Waals surface area contributed by atoms with Crippen molar-refractivity contribution in [3.8, 4) is 11.5 Å². The minimum atomic E-state index is -0.0430. The van der Waals surface area contributed by atoms with E-state index in [1.54, 1.807) is 12.1 Å². The summed E-state index contributed by atoms with van der Waals surface area (Å²) in [5.41, 5.74) is 5.98. The molecule has 0 saturated heterocycles. The summed E-state index contributed by atoms with van der Waals surface area (Å²) in [4.78, 5) is 11.8. The van der Waals surface area contributed by atoms with Crippen LogP contribution in [-0.2, 0) is 4.79 Å². The molecule has 6 heteroatoms. The van der Waals surface area contributed by atoms with Gasteiger partial charge in [-0.05, 0) is 19.4 Å². The van der Waals surface area contributed by atoms with Crippen LogP contribution >= 0.6 is 11.6 Å². The molecular formula is C14H19ClN2O3. The molecule has 20 heavy (non-hydrogen) atoms. The van der Waals surface area contributed by atoms with Gasteiger partial charge in [0.1, 0.15) is 0 Å². The summed E-state index contributed by atoms with van der Waals surface area (Å²) >= 11 is 6.09. The first-order valence-electron chi connectivity index (χ1n) is 6.80. The average molecular weight is 299 g/mol. The molecule has 1 heterocycles. The number of nitrogens with one attached hydrogen (secondary N) is 1. The number of unbranched alkanes of at least 4 members (excludes halogenated alkanes) is 3. The standard InChI is InChI=1S/C14H19ClN2O3/c15-10-7-12-13(20-9-19-12)8-11(10)17-14(18)5-3-1-2-4-6-16/h7-8H,1-6,9,16H2,(H,17,18). The summed E-state index contributed by atoms with van der Waals surface area (Å²) in [5.74, 6) is 1.17. The fourth-order valence-electron chi connectivity index (χ4n) is 2.01. The number of carbonyl (C=O) groups excluding carboxylic acids is 1. The SMILES string of the molecule is NCCCCCCC(=O)Nc1cc2c(cc1Cl)OCO2. The molecule has 0 aliphatic carbocycles. The van der Waals surface area contributed by atoms with Crippen molar-refractivity contribution in [2.75, 3.05) is 18.7 Å². The molecule has 1 aromatic carbocycles. The van der Waals surface area contributed by atoms with Crippen LogP contribution < -0.4 is 20.5 Å². The highest BCUT2D eigenvalue weighted by Gasteiger charge is 2.17. The summed E-state index contributed by atoms with van der Waals surface area (Å²) < 4.78 is 10.5. The van der Waals surface area contributed by atoms with E-state index in [1.165, 1.54) is 0 Å². The lowest BCUT2D eigenvalue weighted by molar-refractivity contribution is -0.116. The monoisotopic (exact) mass is 298 g/mol. The maximum atomic E-state index is 11.8. The van der Waals surface area contributed by atoms with Gasteiger partial charge in [-0.15, -0.1) is 0 Å². The van der Waals surface area contributed by atoms with E-state index >= 15 is 0 Å². The Kier molecular flexibility index (Phi) is 5.49. The highest BCUT2D eigenvalue weighted by Crippen LogP contribution is 2.39. The van der Waals surface area contributed by atoms with Gasteiger partial charge in [0, 0.05) is 18.6 Å². The Morgan fingerprint density at radius 2 is 1.90 bits per heavy atom. The zero-order valence-corrected chi connectivity index (χ0v) is 12.0. The third-order valence-electron chi connectivity index (χ3n) is 3.09. The molecule has 5 nitrogen and oxygen atoms in total. The van der Waals surface area contributed by atoms with Gasteiger partial charge in [0.2, 0.25) is 12.7 Å². The number of rotatable bonds is 7. The minimum Gasteiger partial charge on any atom is -0.454 e. The molecule has 1 aromatic rings. The van der Waals surface area contributed by atoms with Gasteiger partial charge in [-0.1, -0.05) is 24.4 Å². The Morgan fingerprint density at radius 1 is 1.20 bits per heavy atom. The maximum Gasteiger partial charge on any atom is 0.231 e. The fraction of sp³-hybridized carbons (Fsp3) is 0.500. The number of benzene rings is 1. The van der Waals surface area contributed by atoms with E-state index < -0.39 is 0 Å². The maximum absolute atomic E-state index is 11.8. The van der Waals surface area contributed by atoms with Gasteiger partial charge in [-0.25, -0.2) is 0 Å². The minimum absolute atomic E-state index is 0.0430. The Morgan fingerprint density at radius 3 is 2.65 bits per heavy atom.